The Balaban J connectivity index is 1.89. The van der Waals surface area contributed by atoms with E-state index in [4.69, 9.17) is 4.74 Å². The lowest BCUT2D eigenvalue weighted by Gasteiger charge is -2.29. The van der Waals surface area contributed by atoms with Crippen molar-refractivity contribution in [3.63, 3.8) is 0 Å². The minimum atomic E-state index is -3.24. The van der Waals surface area contributed by atoms with Crippen molar-refractivity contribution in [2.75, 3.05) is 39.1 Å². The molecule has 7 heteroatoms. The summed E-state index contributed by atoms with van der Waals surface area (Å²) in [6.07, 6.45) is 5.49. The van der Waals surface area contributed by atoms with Gasteiger partial charge in [-0.2, -0.15) is 4.31 Å². The zero-order chi connectivity index (χ0) is 14.6. The number of ether oxygens (including phenoxy) is 1. The number of nitrogens with zero attached hydrogens (tertiary/aromatic N) is 2. The first-order valence-electron chi connectivity index (χ1n) is 7.31. The van der Waals surface area contributed by atoms with Crippen LogP contribution in [0.3, 0.4) is 0 Å². The quantitative estimate of drug-likeness (QED) is 0.739. The molecule has 2 fully saturated rings. The summed E-state index contributed by atoms with van der Waals surface area (Å²) in [4.78, 5) is 13.9. The maximum atomic E-state index is 12.1. The van der Waals surface area contributed by atoms with Gasteiger partial charge in [0, 0.05) is 32.1 Å². The zero-order valence-corrected chi connectivity index (χ0v) is 12.9. The van der Waals surface area contributed by atoms with Crippen molar-refractivity contribution in [1.29, 1.82) is 0 Å². The molecule has 116 valence electrons. The Hall–Kier alpha value is -0.660. The van der Waals surface area contributed by atoms with Gasteiger partial charge in [-0.05, 0) is 12.8 Å². The molecule has 0 bridgehead atoms. The SMILES string of the molecule is CS(=O)(=O)N(CCC(=O)N1CCOCC1)C1CCCC1. The van der Waals surface area contributed by atoms with Crippen LogP contribution in [0, 0.1) is 0 Å². The molecule has 1 saturated heterocycles. The van der Waals surface area contributed by atoms with Gasteiger partial charge in [0.1, 0.15) is 0 Å². The first kappa shape index (κ1) is 15.7. The van der Waals surface area contributed by atoms with Crippen molar-refractivity contribution in [2.24, 2.45) is 0 Å². The third kappa shape index (κ3) is 4.17. The Bertz CT molecular complexity index is 426. The number of morpholine rings is 1. The molecule has 0 unspecified atom stereocenters. The van der Waals surface area contributed by atoms with E-state index in [1.165, 1.54) is 10.6 Å². The number of hydrogen-bond acceptors (Lipinski definition) is 4. The molecule has 0 aromatic heterocycles. The Labute approximate surface area is 121 Å². The third-order valence-electron chi connectivity index (χ3n) is 4.07. The van der Waals surface area contributed by atoms with Gasteiger partial charge in [-0.1, -0.05) is 12.8 Å². The lowest BCUT2D eigenvalue weighted by molar-refractivity contribution is -0.135. The van der Waals surface area contributed by atoms with E-state index < -0.39 is 10.0 Å². The van der Waals surface area contributed by atoms with E-state index in [0.717, 1.165) is 25.7 Å². The van der Waals surface area contributed by atoms with Crippen LogP contribution in [-0.2, 0) is 19.6 Å². The van der Waals surface area contributed by atoms with Crippen molar-refractivity contribution < 1.29 is 17.9 Å². The molecule has 1 amide bonds. The number of amides is 1. The van der Waals surface area contributed by atoms with Gasteiger partial charge in [0.15, 0.2) is 0 Å². The molecule has 0 atom stereocenters. The Morgan fingerprint density at radius 1 is 1.25 bits per heavy atom. The number of rotatable bonds is 5. The van der Waals surface area contributed by atoms with E-state index in [0.29, 0.717) is 32.8 Å². The molecule has 0 aromatic carbocycles. The summed E-state index contributed by atoms with van der Waals surface area (Å²) in [6.45, 7) is 2.68. The Morgan fingerprint density at radius 2 is 1.85 bits per heavy atom. The molecule has 2 rings (SSSR count). The summed E-state index contributed by atoms with van der Waals surface area (Å²) in [6, 6.07) is 0.0856. The highest BCUT2D eigenvalue weighted by Gasteiger charge is 2.30. The second-order valence-corrected chi connectivity index (χ2v) is 7.49. The molecule has 1 saturated carbocycles. The maximum Gasteiger partial charge on any atom is 0.224 e. The largest absolute Gasteiger partial charge is 0.378 e. The molecule has 1 heterocycles. The molecule has 1 aliphatic heterocycles. The van der Waals surface area contributed by atoms with Gasteiger partial charge in [-0.15, -0.1) is 0 Å². The molecule has 1 aliphatic carbocycles. The van der Waals surface area contributed by atoms with Gasteiger partial charge < -0.3 is 9.64 Å². The first-order valence-corrected chi connectivity index (χ1v) is 9.15. The maximum absolute atomic E-state index is 12.1. The average molecular weight is 304 g/mol. The molecule has 0 spiro atoms. The van der Waals surface area contributed by atoms with Crippen LogP contribution >= 0.6 is 0 Å². The first-order chi connectivity index (χ1) is 9.48. The van der Waals surface area contributed by atoms with E-state index in [-0.39, 0.29) is 18.4 Å². The van der Waals surface area contributed by atoms with Crippen LogP contribution in [0.25, 0.3) is 0 Å². The van der Waals surface area contributed by atoms with Crippen LogP contribution in [0.2, 0.25) is 0 Å². The fourth-order valence-corrected chi connectivity index (χ4v) is 4.16. The highest BCUT2D eigenvalue weighted by atomic mass is 32.2. The van der Waals surface area contributed by atoms with Gasteiger partial charge >= 0.3 is 0 Å². The monoisotopic (exact) mass is 304 g/mol. The highest BCUT2D eigenvalue weighted by molar-refractivity contribution is 7.88. The molecule has 20 heavy (non-hydrogen) atoms. The second kappa shape index (κ2) is 6.87. The van der Waals surface area contributed by atoms with Crippen LogP contribution < -0.4 is 0 Å². The fourth-order valence-electron chi connectivity index (χ4n) is 2.99. The van der Waals surface area contributed by atoms with Gasteiger partial charge in [-0.3, -0.25) is 4.79 Å². The molecule has 6 nitrogen and oxygen atoms in total. The van der Waals surface area contributed by atoms with E-state index in [1.807, 2.05) is 0 Å². The molecule has 0 radical (unpaired) electrons. The molecule has 0 N–H and O–H groups in total. The normalized spacial score (nSPS) is 21.6. The lowest BCUT2D eigenvalue weighted by atomic mass is 10.2. The van der Waals surface area contributed by atoms with E-state index in [9.17, 15) is 13.2 Å². The molecular weight excluding hydrogens is 280 g/mol. The predicted octanol–water partition coefficient (Wildman–Crippen LogP) is 0.440. The lowest BCUT2D eigenvalue weighted by Crippen LogP contribution is -2.44. The third-order valence-corrected chi connectivity index (χ3v) is 5.40. The van der Waals surface area contributed by atoms with Gasteiger partial charge in [0.25, 0.3) is 0 Å². The van der Waals surface area contributed by atoms with E-state index in [1.54, 1.807) is 4.90 Å². The summed E-state index contributed by atoms with van der Waals surface area (Å²) in [5.74, 6) is 0.0277. The predicted molar refractivity (Wildman–Crippen MR) is 75.8 cm³/mol. The van der Waals surface area contributed by atoms with E-state index in [2.05, 4.69) is 0 Å². The molecule has 0 aromatic rings. The van der Waals surface area contributed by atoms with Crippen LogP contribution in [0.15, 0.2) is 0 Å². The molecular formula is C13H24N2O4S. The summed E-state index contributed by atoms with van der Waals surface area (Å²) in [5, 5.41) is 0. The van der Waals surface area contributed by atoms with Crippen LogP contribution in [0.4, 0.5) is 0 Å². The minimum Gasteiger partial charge on any atom is -0.378 e. The van der Waals surface area contributed by atoms with Crippen LogP contribution in [-0.4, -0.2) is 68.7 Å². The van der Waals surface area contributed by atoms with Crippen molar-refractivity contribution in [3.05, 3.63) is 0 Å². The number of hydrogen-bond donors (Lipinski definition) is 0. The number of carbonyl (C=O) groups excluding carboxylic acids is 1. The number of carbonyl (C=O) groups is 1. The average Bonchev–Trinajstić information content (AvgIpc) is 2.92. The topological polar surface area (TPSA) is 66.9 Å². The van der Waals surface area contributed by atoms with Gasteiger partial charge in [0.05, 0.1) is 19.5 Å². The highest BCUT2D eigenvalue weighted by Crippen LogP contribution is 2.25. The number of sulfonamides is 1. The van der Waals surface area contributed by atoms with Crippen LogP contribution in [0.1, 0.15) is 32.1 Å². The minimum absolute atomic E-state index is 0.0277. The fraction of sp³-hybridized carbons (Fsp3) is 0.923. The summed E-state index contributed by atoms with van der Waals surface area (Å²) in [5.41, 5.74) is 0. The smallest absolute Gasteiger partial charge is 0.224 e. The Morgan fingerprint density at radius 3 is 2.40 bits per heavy atom. The van der Waals surface area contributed by atoms with E-state index >= 15 is 0 Å². The van der Waals surface area contributed by atoms with Crippen molar-refractivity contribution in [3.8, 4) is 0 Å². The van der Waals surface area contributed by atoms with Gasteiger partial charge in [-0.25, -0.2) is 8.42 Å². The second-order valence-electron chi connectivity index (χ2n) is 5.56. The Kier molecular flexibility index (Phi) is 5.40. The van der Waals surface area contributed by atoms with Gasteiger partial charge in [0.2, 0.25) is 15.9 Å². The van der Waals surface area contributed by atoms with Crippen molar-refractivity contribution in [1.82, 2.24) is 9.21 Å². The molecule has 2 aliphatic rings. The van der Waals surface area contributed by atoms with Crippen molar-refractivity contribution >= 4 is 15.9 Å². The summed E-state index contributed by atoms with van der Waals surface area (Å²) >= 11 is 0. The standard InChI is InChI=1S/C13H24N2O4S/c1-20(17,18)15(12-4-2-3-5-12)7-6-13(16)14-8-10-19-11-9-14/h12H,2-11H2,1H3. The summed E-state index contributed by atoms with van der Waals surface area (Å²) < 4.78 is 30.5. The van der Waals surface area contributed by atoms with Crippen LogP contribution in [0.5, 0.6) is 0 Å². The summed E-state index contributed by atoms with van der Waals surface area (Å²) in [7, 11) is -3.24. The van der Waals surface area contributed by atoms with Crippen molar-refractivity contribution in [2.45, 2.75) is 38.1 Å². The zero-order valence-electron chi connectivity index (χ0n) is 12.1.